The second-order valence-electron chi connectivity index (χ2n) is 8.51. The van der Waals surface area contributed by atoms with Gasteiger partial charge in [-0.15, -0.1) is 0 Å². The van der Waals surface area contributed by atoms with Crippen LogP contribution in [-0.4, -0.2) is 45.2 Å². The van der Waals surface area contributed by atoms with Crippen LogP contribution in [-0.2, 0) is 13.0 Å². The van der Waals surface area contributed by atoms with Gasteiger partial charge in [-0.1, -0.05) is 30.3 Å². The number of amides is 1. The Bertz CT molecular complexity index is 1160. The van der Waals surface area contributed by atoms with Crippen molar-refractivity contribution < 1.29 is 19.0 Å². The molecule has 3 aromatic rings. The number of hydrogen-bond acceptors (Lipinski definition) is 5. The van der Waals surface area contributed by atoms with Gasteiger partial charge in [-0.2, -0.15) is 0 Å². The average Bonchev–Trinajstić information content (AvgIpc) is 2.88. The van der Waals surface area contributed by atoms with Gasteiger partial charge in [0, 0.05) is 25.2 Å². The van der Waals surface area contributed by atoms with E-state index < -0.39 is 0 Å². The fourth-order valence-electron chi connectivity index (χ4n) is 4.57. The van der Waals surface area contributed by atoms with Gasteiger partial charge in [-0.05, 0) is 65.9 Å². The normalized spacial score (nSPS) is 15.4. The zero-order chi connectivity index (χ0) is 24.1. The van der Waals surface area contributed by atoms with E-state index in [9.17, 15) is 4.79 Å². The first-order valence-electron chi connectivity index (χ1n) is 11.5. The lowest BCUT2D eigenvalue weighted by Crippen LogP contribution is -2.42. The summed E-state index contributed by atoms with van der Waals surface area (Å²) in [5.41, 5.74) is 5.51. The van der Waals surface area contributed by atoms with Crippen molar-refractivity contribution in [3.05, 3.63) is 88.5 Å². The monoisotopic (exact) mass is 460 g/mol. The Hall–Kier alpha value is -3.51. The lowest BCUT2D eigenvalue weighted by atomic mass is 9.91. The van der Waals surface area contributed by atoms with E-state index in [1.165, 1.54) is 16.7 Å². The standard InChI is InChI=1S/C28H32N2O4/c1-19-8-5-6-9-22(19)18-30-13-12-20-15-26(33-3)27(34-4)16-24(20)25(30)17-29-28(31)21-10-7-11-23(14-21)32-2/h5-11,14-16,25H,12-13,17-18H2,1-4H3,(H,29,31)/t25-/m1/s1. The third kappa shape index (κ3) is 5.02. The maximum Gasteiger partial charge on any atom is 0.251 e. The zero-order valence-corrected chi connectivity index (χ0v) is 20.3. The molecule has 0 saturated carbocycles. The number of carbonyl (C=O) groups is 1. The largest absolute Gasteiger partial charge is 0.497 e. The van der Waals surface area contributed by atoms with Gasteiger partial charge in [0.2, 0.25) is 0 Å². The van der Waals surface area contributed by atoms with Crippen LogP contribution in [0.3, 0.4) is 0 Å². The highest BCUT2D eigenvalue weighted by Gasteiger charge is 2.30. The highest BCUT2D eigenvalue weighted by atomic mass is 16.5. The molecule has 34 heavy (non-hydrogen) atoms. The molecule has 0 aliphatic carbocycles. The molecule has 1 aliphatic heterocycles. The van der Waals surface area contributed by atoms with Crippen LogP contribution in [0.25, 0.3) is 0 Å². The van der Waals surface area contributed by atoms with E-state index in [2.05, 4.69) is 53.5 Å². The molecule has 0 spiro atoms. The highest BCUT2D eigenvalue weighted by Crippen LogP contribution is 2.38. The van der Waals surface area contributed by atoms with Crippen molar-refractivity contribution in [2.45, 2.75) is 25.9 Å². The highest BCUT2D eigenvalue weighted by molar-refractivity contribution is 5.94. The van der Waals surface area contributed by atoms with Crippen LogP contribution < -0.4 is 19.5 Å². The predicted molar refractivity (Wildman–Crippen MR) is 133 cm³/mol. The molecule has 3 aromatic carbocycles. The molecule has 4 rings (SSSR count). The van der Waals surface area contributed by atoms with Crippen LogP contribution in [0.2, 0.25) is 0 Å². The van der Waals surface area contributed by atoms with Gasteiger partial charge in [0.1, 0.15) is 5.75 Å². The molecule has 1 N–H and O–H groups in total. The lowest BCUT2D eigenvalue weighted by Gasteiger charge is -2.38. The van der Waals surface area contributed by atoms with Crippen molar-refractivity contribution in [3.63, 3.8) is 0 Å². The van der Waals surface area contributed by atoms with Gasteiger partial charge >= 0.3 is 0 Å². The number of rotatable bonds is 8. The maximum atomic E-state index is 13.0. The van der Waals surface area contributed by atoms with Crippen LogP contribution in [0.15, 0.2) is 60.7 Å². The van der Waals surface area contributed by atoms with Crippen molar-refractivity contribution in [1.29, 1.82) is 0 Å². The Labute approximate surface area is 201 Å². The van der Waals surface area contributed by atoms with Gasteiger partial charge in [0.05, 0.1) is 27.4 Å². The fourth-order valence-corrected chi connectivity index (χ4v) is 4.57. The minimum Gasteiger partial charge on any atom is -0.497 e. The summed E-state index contributed by atoms with van der Waals surface area (Å²) in [4.78, 5) is 15.4. The van der Waals surface area contributed by atoms with E-state index in [4.69, 9.17) is 14.2 Å². The number of aryl methyl sites for hydroxylation is 1. The van der Waals surface area contributed by atoms with E-state index in [-0.39, 0.29) is 11.9 Å². The molecule has 1 amide bonds. The molecule has 178 valence electrons. The molecular formula is C28H32N2O4. The summed E-state index contributed by atoms with van der Waals surface area (Å²) in [5.74, 6) is 1.96. The third-order valence-corrected chi connectivity index (χ3v) is 6.54. The summed E-state index contributed by atoms with van der Waals surface area (Å²) in [6.45, 7) is 4.31. The van der Waals surface area contributed by atoms with E-state index in [0.29, 0.717) is 23.6 Å². The number of fused-ring (bicyclic) bond motifs is 1. The molecule has 6 nitrogen and oxygen atoms in total. The first-order chi connectivity index (χ1) is 16.5. The van der Waals surface area contributed by atoms with Gasteiger partial charge in [-0.3, -0.25) is 9.69 Å². The molecular weight excluding hydrogens is 428 g/mol. The summed E-state index contributed by atoms with van der Waals surface area (Å²) < 4.78 is 16.4. The Kier molecular flexibility index (Phi) is 7.38. The molecule has 0 saturated heterocycles. The van der Waals surface area contributed by atoms with Crippen LogP contribution in [0.5, 0.6) is 17.2 Å². The molecule has 0 radical (unpaired) electrons. The number of nitrogens with one attached hydrogen (secondary N) is 1. The van der Waals surface area contributed by atoms with Crippen molar-refractivity contribution in [2.24, 2.45) is 0 Å². The van der Waals surface area contributed by atoms with E-state index >= 15 is 0 Å². The van der Waals surface area contributed by atoms with Gasteiger partial charge < -0.3 is 19.5 Å². The summed E-state index contributed by atoms with van der Waals surface area (Å²) >= 11 is 0. The predicted octanol–water partition coefficient (Wildman–Crippen LogP) is 4.55. The minimum atomic E-state index is -0.123. The van der Waals surface area contributed by atoms with Crippen LogP contribution >= 0.6 is 0 Å². The number of nitrogens with zero attached hydrogens (tertiary/aromatic N) is 1. The molecule has 0 unspecified atom stereocenters. The molecule has 1 heterocycles. The minimum absolute atomic E-state index is 0.00211. The summed E-state index contributed by atoms with van der Waals surface area (Å²) in [7, 11) is 4.90. The topological polar surface area (TPSA) is 60.0 Å². The fraction of sp³-hybridized carbons (Fsp3) is 0.321. The quantitative estimate of drug-likeness (QED) is 0.534. The van der Waals surface area contributed by atoms with Crippen molar-refractivity contribution in [2.75, 3.05) is 34.4 Å². The SMILES string of the molecule is COc1cccc(C(=O)NC[C@@H]2c3cc(OC)c(OC)cc3CCN2Cc2ccccc2C)c1. The molecule has 0 bridgehead atoms. The summed E-state index contributed by atoms with van der Waals surface area (Å²) in [5, 5.41) is 3.15. The second kappa shape index (κ2) is 10.6. The Morgan fingerprint density at radius 3 is 2.47 bits per heavy atom. The Balaban J connectivity index is 1.63. The number of hydrogen-bond donors (Lipinski definition) is 1. The maximum absolute atomic E-state index is 13.0. The number of benzene rings is 3. The van der Waals surface area contributed by atoms with Crippen LogP contribution in [0.4, 0.5) is 0 Å². The molecule has 1 atom stereocenters. The van der Waals surface area contributed by atoms with Crippen LogP contribution in [0, 0.1) is 6.92 Å². The van der Waals surface area contributed by atoms with E-state index in [1.807, 2.05) is 12.1 Å². The van der Waals surface area contributed by atoms with E-state index in [1.54, 1.807) is 33.5 Å². The molecule has 0 fully saturated rings. The molecule has 0 aromatic heterocycles. The van der Waals surface area contributed by atoms with Crippen molar-refractivity contribution >= 4 is 5.91 Å². The third-order valence-electron chi connectivity index (χ3n) is 6.54. The second-order valence-corrected chi connectivity index (χ2v) is 8.51. The number of carbonyl (C=O) groups excluding carboxylic acids is 1. The van der Waals surface area contributed by atoms with E-state index in [0.717, 1.165) is 30.8 Å². The number of methoxy groups -OCH3 is 3. The zero-order valence-electron chi connectivity index (χ0n) is 20.3. The van der Waals surface area contributed by atoms with Gasteiger partial charge in [-0.25, -0.2) is 0 Å². The lowest BCUT2D eigenvalue weighted by molar-refractivity contribution is 0.0925. The first-order valence-corrected chi connectivity index (χ1v) is 11.5. The van der Waals surface area contributed by atoms with Gasteiger partial charge in [0.15, 0.2) is 11.5 Å². The average molecular weight is 461 g/mol. The van der Waals surface area contributed by atoms with Crippen molar-refractivity contribution in [1.82, 2.24) is 10.2 Å². The summed E-state index contributed by atoms with van der Waals surface area (Å²) in [6, 6.07) is 19.8. The Morgan fingerprint density at radius 1 is 0.971 bits per heavy atom. The van der Waals surface area contributed by atoms with Crippen molar-refractivity contribution in [3.8, 4) is 17.2 Å². The van der Waals surface area contributed by atoms with Gasteiger partial charge in [0.25, 0.3) is 5.91 Å². The summed E-state index contributed by atoms with van der Waals surface area (Å²) in [6.07, 6.45) is 0.905. The Morgan fingerprint density at radius 2 is 1.74 bits per heavy atom. The van der Waals surface area contributed by atoms with Crippen LogP contribution in [0.1, 0.15) is 38.7 Å². The number of ether oxygens (including phenoxy) is 3. The first kappa shape index (κ1) is 23.6. The molecule has 1 aliphatic rings. The smallest absolute Gasteiger partial charge is 0.251 e. The molecule has 6 heteroatoms.